The molecule has 20 heavy (non-hydrogen) atoms. The second kappa shape index (κ2) is 7.45. The van der Waals surface area contributed by atoms with Gasteiger partial charge in [0.25, 0.3) is 0 Å². The molecule has 1 heterocycles. The molecule has 5 N–H and O–H groups in total. The van der Waals surface area contributed by atoms with Crippen LogP contribution in [-0.4, -0.2) is 90.0 Å². The molecule has 6 unspecified atom stereocenters. The van der Waals surface area contributed by atoms with Gasteiger partial charge in [-0.1, -0.05) is 0 Å². The van der Waals surface area contributed by atoms with Crippen molar-refractivity contribution < 1.29 is 42.7 Å². The number of rotatable bonds is 7. The van der Waals surface area contributed by atoms with Crippen LogP contribution in [-0.2, 0) is 14.6 Å². The predicted molar refractivity (Wildman–Crippen MR) is 65.9 cm³/mol. The molecule has 0 bridgehead atoms. The van der Waals surface area contributed by atoms with Crippen molar-refractivity contribution in [2.45, 2.75) is 39.9 Å². The molecule has 0 aliphatic carbocycles. The van der Waals surface area contributed by atoms with Crippen LogP contribution >= 0.6 is 0 Å². The first-order valence-corrected chi connectivity index (χ1v) is 10.5. The number of hydrogen-bond acceptors (Lipinski definition) is 9. The van der Waals surface area contributed by atoms with Crippen LogP contribution in [0.5, 0.6) is 0 Å². The summed E-state index contributed by atoms with van der Waals surface area (Å²) >= 11 is -1.85. The van der Waals surface area contributed by atoms with Gasteiger partial charge in [-0.3, -0.25) is 0 Å². The average molecular weight is 381 g/mol. The molecule has 0 aromatic carbocycles. The number of hydrogen-bond donors (Lipinski definition) is 5. The van der Waals surface area contributed by atoms with Crippen LogP contribution in [0.3, 0.4) is 0 Å². The molecule has 9 nitrogen and oxygen atoms in total. The van der Waals surface area contributed by atoms with Crippen LogP contribution < -0.4 is 0 Å². The molecule has 6 atom stereocenters. The third kappa shape index (κ3) is 4.88. The zero-order valence-corrected chi connectivity index (χ0v) is 12.9. The van der Waals surface area contributed by atoms with Crippen LogP contribution in [0.1, 0.15) is 0 Å². The van der Waals surface area contributed by atoms with Crippen molar-refractivity contribution in [1.29, 1.82) is 0 Å². The summed E-state index contributed by atoms with van der Waals surface area (Å²) in [5, 5.41) is 47.3. The third-order valence-electron chi connectivity index (χ3n) is 3.00. The average Bonchev–Trinajstić information content (AvgIpc) is 2.60. The minimum atomic E-state index is -5.06. The van der Waals surface area contributed by atoms with Gasteiger partial charge in [0.05, 0.1) is 0 Å². The molecule has 0 aromatic heterocycles. The van der Waals surface area contributed by atoms with E-state index in [9.17, 15) is 33.4 Å². The molecule has 0 spiro atoms. The fourth-order valence-corrected chi connectivity index (χ4v) is 8.16. The van der Waals surface area contributed by atoms with Crippen LogP contribution in [0.25, 0.3) is 0 Å². The fourth-order valence-electron chi connectivity index (χ4n) is 1.99. The summed E-state index contributed by atoms with van der Waals surface area (Å²) in [7, 11) is -5.06. The van der Waals surface area contributed by atoms with Crippen molar-refractivity contribution in [3.05, 3.63) is 0 Å². The summed E-state index contributed by atoms with van der Waals surface area (Å²) in [4.78, 5) is -0.553. The first kappa shape index (κ1) is 18.2. The Morgan fingerprint density at radius 1 is 1.35 bits per heavy atom. The van der Waals surface area contributed by atoms with Crippen LogP contribution in [0.4, 0.5) is 0 Å². The second-order valence-corrected chi connectivity index (χ2v) is 10.4. The summed E-state index contributed by atoms with van der Waals surface area (Å²) in [6.45, 7) is -1.23. The van der Waals surface area contributed by atoms with Gasteiger partial charge in [0.2, 0.25) is 0 Å². The van der Waals surface area contributed by atoms with Gasteiger partial charge in [-0.15, -0.1) is 0 Å². The summed E-state index contributed by atoms with van der Waals surface area (Å²) < 4.78 is 35.4. The summed E-state index contributed by atoms with van der Waals surface area (Å²) in [6.07, 6.45) is -5.11. The molecular formula is C9H18O9SSe. The van der Waals surface area contributed by atoms with E-state index < -0.39 is 60.1 Å². The van der Waals surface area contributed by atoms with E-state index in [4.69, 9.17) is 5.11 Å². The van der Waals surface area contributed by atoms with E-state index in [1.54, 1.807) is 0 Å². The Hall–Kier alpha value is 0.189. The van der Waals surface area contributed by atoms with Gasteiger partial charge in [0.15, 0.2) is 0 Å². The van der Waals surface area contributed by atoms with Crippen molar-refractivity contribution in [2.75, 3.05) is 13.2 Å². The number of aliphatic hydroxyl groups excluding tert-OH is 5. The van der Waals surface area contributed by atoms with Gasteiger partial charge in [-0.25, -0.2) is 0 Å². The topological polar surface area (TPSA) is 168 Å². The van der Waals surface area contributed by atoms with Crippen LogP contribution in [0.2, 0.25) is 15.5 Å². The van der Waals surface area contributed by atoms with Crippen molar-refractivity contribution >= 4 is 24.3 Å². The van der Waals surface area contributed by atoms with Gasteiger partial charge >= 0.3 is 120 Å². The Balaban J connectivity index is 2.66. The summed E-state index contributed by atoms with van der Waals surface area (Å²) in [5.74, 6) is 0. The molecule has 1 fully saturated rings. The van der Waals surface area contributed by atoms with E-state index in [0.29, 0.717) is 0 Å². The monoisotopic (exact) mass is 382 g/mol. The van der Waals surface area contributed by atoms with E-state index in [-0.39, 0.29) is 17.2 Å². The first-order valence-electron chi connectivity index (χ1n) is 5.76. The quantitative estimate of drug-likeness (QED) is 0.173. The standard InChI is InChI=1S/C9H18O9SSe/c10-1-7(18-19(15,16)17)5(12)3-20-4-6(13)9(14)8(20)2-11/h5-14H,1-4H2. The molecule has 1 saturated heterocycles. The Morgan fingerprint density at radius 3 is 2.40 bits per heavy atom. The van der Waals surface area contributed by atoms with Crippen molar-refractivity contribution in [2.24, 2.45) is 0 Å². The Kier molecular flexibility index (Phi) is 6.80. The van der Waals surface area contributed by atoms with E-state index in [2.05, 4.69) is 4.18 Å². The molecule has 0 saturated carbocycles. The number of aliphatic hydroxyl groups is 5. The van der Waals surface area contributed by atoms with Gasteiger partial charge in [-0.05, 0) is 0 Å². The maximum atomic E-state index is 10.5. The van der Waals surface area contributed by atoms with E-state index >= 15 is 0 Å². The Bertz CT molecular complexity index is 402. The maximum absolute atomic E-state index is 10.5. The molecule has 1 aliphatic heterocycles. The minimum absolute atomic E-state index is 0.0138. The van der Waals surface area contributed by atoms with Gasteiger partial charge in [0, 0.05) is 0 Å². The fraction of sp³-hybridized carbons (Fsp3) is 1.00. The normalized spacial score (nSPS) is 34.1. The van der Waals surface area contributed by atoms with Crippen LogP contribution in [0, 0.1) is 0 Å². The molecular weight excluding hydrogens is 363 g/mol. The third-order valence-corrected chi connectivity index (χ3v) is 9.41. The SMILES string of the molecule is O=S(=O)([O-])OC(CO)C(O)C[Se+]1CC(O)C(O)C1CO. The summed E-state index contributed by atoms with van der Waals surface area (Å²) in [5.41, 5.74) is 0. The van der Waals surface area contributed by atoms with Crippen molar-refractivity contribution in [1.82, 2.24) is 0 Å². The van der Waals surface area contributed by atoms with Crippen LogP contribution in [0.15, 0.2) is 0 Å². The van der Waals surface area contributed by atoms with E-state index in [1.165, 1.54) is 0 Å². The zero-order chi connectivity index (χ0) is 15.5. The molecule has 0 amide bonds. The van der Waals surface area contributed by atoms with Crippen molar-refractivity contribution in [3.63, 3.8) is 0 Å². The molecule has 11 heteroatoms. The molecule has 120 valence electrons. The molecule has 1 aliphatic rings. The van der Waals surface area contributed by atoms with Crippen molar-refractivity contribution in [3.8, 4) is 0 Å². The van der Waals surface area contributed by atoms with Gasteiger partial charge in [0.1, 0.15) is 0 Å². The molecule has 0 radical (unpaired) electrons. The summed E-state index contributed by atoms with van der Waals surface area (Å²) in [6, 6.07) is 0. The van der Waals surface area contributed by atoms with E-state index in [1.807, 2.05) is 0 Å². The molecule has 1 rings (SSSR count). The Labute approximate surface area is 120 Å². The first-order chi connectivity index (χ1) is 9.19. The molecule has 0 aromatic rings. The predicted octanol–water partition coefficient (Wildman–Crippen LogP) is -3.22. The Morgan fingerprint density at radius 2 is 1.95 bits per heavy atom. The van der Waals surface area contributed by atoms with E-state index in [0.717, 1.165) is 0 Å². The van der Waals surface area contributed by atoms with Gasteiger partial charge in [-0.2, -0.15) is 0 Å². The second-order valence-electron chi connectivity index (χ2n) is 4.44. The zero-order valence-electron chi connectivity index (χ0n) is 10.4. The van der Waals surface area contributed by atoms with Gasteiger partial charge < -0.3 is 0 Å².